The van der Waals surface area contributed by atoms with Gasteiger partial charge in [0.05, 0.1) is 24.7 Å². The van der Waals surface area contributed by atoms with E-state index in [1.54, 1.807) is 0 Å². The number of H-pyrrole nitrogens is 1. The summed E-state index contributed by atoms with van der Waals surface area (Å²) in [7, 11) is 0. The minimum atomic E-state index is -0.924. The van der Waals surface area contributed by atoms with Gasteiger partial charge in [0, 0.05) is 17.0 Å². The van der Waals surface area contributed by atoms with Crippen molar-refractivity contribution in [2.24, 2.45) is 0 Å². The quantitative estimate of drug-likeness (QED) is 0.511. The van der Waals surface area contributed by atoms with E-state index >= 15 is 0 Å². The number of benzene rings is 2. The number of carbonyl (C=O) groups is 1. The Hall–Kier alpha value is -3.62. The molecule has 2 aromatic heterocycles. The van der Waals surface area contributed by atoms with Gasteiger partial charge in [-0.2, -0.15) is 15.0 Å². The summed E-state index contributed by atoms with van der Waals surface area (Å²) in [5.74, 6) is -1.20. The standard InChI is InChI=1S/C21H18F2N6O/c22-16-5-1-13(8-17(16)23)11-29-24-10-19(28-29)25-20(30)9-12-2-6-18-15(7-12)21(27-26-18)14-3-4-14/h1-2,5-8,10,14H,3-4,9,11H2,(H,26,27)(H,25,28,30). The molecule has 0 spiro atoms. The summed E-state index contributed by atoms with van der Waals surface area (Å²) in [5, 5.41) is 19.4. The zero-order valence-corrected chi connectivity index (χ0v) is 15.9. The van der Waals surface area contributed by atoms with Crippen molar-refractivity contribution in [2.75, 3.05) is 5.32 Å². The van der Waals surface area contributed by atoms with Gasteiger partial charge in [-0.05, 0) is 48.2 Å². The first-order valence-electron chi connectivity index (χ1n) is 9.66. The average Bonchev–Trinajstić information content (AvgIpc) is 3.33. The van der Waals surface area contributed by atoms with Gasteiger partial charge in [0.2, 0.25) is 5.91 Å². The first kappa shape index (κ1) is 18.4. The van der Waals surface area contributed by atoms with E-state index in [-0.39, 0.29) is 18.9 Å². The molecule has 2 N–H and O–H groups in total. The molecule has 152 valence electrons. The highest BCUT2D eigenvalue weighted by Gasteiger charge is 2.27. The Bertz CT molecular complexity index is 1240. The third-order valence-corrected chi connectivity index (χ3v) is 5.11. The van der Waals surface area contributed by atoms with E-state index in [1.807, 2.05) is 18.2 Å². The number of hydrogen-bond acceptors (Lipinski definition) is 4. The third-order valence-electron chi connectivity index (χ3n) is 5.11. The van der Waals surface area contributed by atoms with Crippen LogP contribution < -0.4 is 5.32 Å². The van der Waals surface area contributed by atoms with Gasteiger partial charge in [-0.3, -0.25) is 9.89 Å². The lowest BCUT2D eigenvalue weighted by Crippen LogP contribution is -2.15. The van der Waals surface area contributed by atoms with Gasteiger partial charge in [-0.1, -0.05) is 12.1 Å². The lowest BCUT2D eigenvalue weighted by Gasteiger charge is -2.04. The molecule has 0 aliphatic heterocycles. The van der Waals surface area contributed by atoms with Gasteiger partial charge < -0.3 is 5.32 Å². The molecular weight excluding hydrogens is 390 g/mol. The first-order valence-corrected chi connectivity index (χ1v) is 9.66. The third kappa shape index (κ3) is 3.78. The smallest absolute Gasteiger partial charge is 0.230 e. The number of aromatic nitrogens is 5. The van der Waals surface area contributed by atoms with Crippen LogP contribution in [0.3, 0.4) is 0 Å². The van der Waals surface area contributed by atoms with Crippen LogP contribution in [0.5, 0.6) is 0 Å². The number of nitrogens with zero attached hydrogens (tertiary/aromatic N) is 4. The first-order chi connectivity index (χ1) is 14.5. The van der Waals surface area contributed by atoms with Gasteiger partial charge in [0.1, 0.15) is 0 Å². The molecule has 30 heavy (non-hydrogen) atoms. The molecule has 7 nitrogen and oxygen atoms in total. The van der Waals surface area contributed by atoms with Crippen molar-refractivity contribution < 1.29 is 13.6 Å². The van der Waals surface area contributed by atoms with Crippen molar-refractivity contribution in [3.8, 4) is 0 Å². The molecule has 1 aliphatic carbocycles. The molecule has 0 radical (unpaired) electrons. The Balaban J connectivity index is 1.24. The Morgan fingerprint density at radius 1 is 1.13 bits per heavy atom. The van der Waals surface area contributed by atoms with E-state index in [1.165, 1.54) is 29.9 Å². The fourth-order valence-corrected chi connectivity index (χ4v) is 3.47. The molecule has 0 atom stereocenters. The summed E-state index contributed by atoms with van der Waals surface area (Å²) >= 11 is 0. The highest BCUT2D eigenvalue weighted by molar-refractivity contribution is 5.92. The number of hydrogen-bond donors (Lipinski definition) is 2. The van der Waals surface area contributed by atoms with Crippen LogP contribution in [0, 0.1) is 11.6 Å². The SMILES string of the molecule is O=C(Cc1ccc2n[nH]c(C3CC3)c2c1)Nc1cnn(Cc2ccc(F)c(F)c2)n1. The number of anilines is 1. The normalized spacial score (nSPS) is 13.7. The summed E-state index contributed by atoms with van der Waals surface area (Å²) in [6.07, 6.45) is 3.95. The van der Waals surface area contributed by atoms with Crippen LogP contribution in [0.1, 0.15) is 35.6 Å². The van der Waals surface area contributed by atoms with Crippen LogP contribution in [-0.4, -0.2) is 31.1 Å². The number of carbonyl (C=O) groups excluding carboxylic acids is 1. The van der Waals surface area contributed by atoms with Crippen molar-refractivity contribution in [3.63, 3.8) is 0 Å². The number of aromatic amines is 1. The average molecular weight is 408 g/mol. The molecular formula is C21H18F2N6O. The van der Waals surface area contributed by atoms with Crippen molar-refractivity contribution in [3.05, 3.63) is 71.1 Å². The summed E-state index contributed by atoms with van der Waals surface area (Å²) < 4.78 is 26.4. The summed E-state index contributed by atoms with van der Waals surface area (Å²) in [6.45, 7) is 0.161. The molecule has 1 fully saturated rings. The maximum Gasteiger partial charge on any atom is 0.230 e. The second kappa shape index (κ2) is 7.33. The van der Waals surface area contributed by atoms with E-state index in [9.17, 15) is 13.6 Å². The Labute approximate surface area is 170 Å². The molecule has 1 saturated carbocycles. The lowest BCUT2D eigenvalue weighted by molar-refractivity contribution is -0.115. The largest absolute Gasteiger partial charge is 0.308 e. The molecule has 1 aliphatic rings. The van der Waals surface area contributed by atoms with E-state index in [0.29, 0.717) is 17.3 Å². The fraction of sp³-hybridized carbons (Fsp3) is 0.238. The van der Waals surface area contributed by atoms with E-state index < -0.39 is 11.6 Å². The molecule has 4 aromatic rings. The van der Waals surface area contributed by atoms with E-state index in [0.717, 1.165) is 34.3 Å². The van der Waals surface area contributed by atoms with Crippen LogP contribution in [-0.2, 0) is 17.8 Å². The molecule has 0 bridgehead atoms. The lowest BCUT2D eigenvalue weighted by atomic mass is 10.1. The minimum Gasteiger partial charge on any atom is -0.308 e. The Morgan fingerprint density at radius 3 is 2.77 bits per heavy atom. The van der Waals surface area contributed by atoms with E-state index in [4.69, 9.17) is 0 Å². The molecule has 1 amide bonds. The second-order valence-electron chi connectivity index (χ2n) is 7.50. The van der Waals surface area contributed by atoms with Crippen molar-refractivity contribution in [1.82, 2.24) is 25.2 Å². The number of amides is 1. The number of halogens is 2. The fourth-order valence-electron chi connectivity index (χ4n) is 3.47. The van der Waals surface area contributed by atoms with Crippen molar-refractivity contribution in [2.45, 2.75) is 31.7 Å². The molecule has 5 rings (SSSR count). The molecule has 2 heterocycles. The number of rotatable bonds is 6. The topological polar surface area (TPSA) is 88.5 Å². The van der Waals surface area contributed by atoms with Crippen LogP contribution in [0.2, 0.25) is 0 Å². The monoisotopic (exact) mass is 408 g/mol. The summed E-state index contributed by atoms with van der Waals surface area (Å²) in [4.78, 5) is 13.7. The minimum absolute atomic E-state index is 0.161. The maximum absolute atomic E-state index is 13.3. The molecule has 0 saturated heterocycles. The molecule has 2 aromatic carbocycles. The van der Waals surface area contributed by atoms with Gasteiger partial charge in [-0.25, -0.2) is 8.78 Å². The summed E-state index contributed by atoms with van der Waals surface area (Å²) in [5.41, 5.74) is 3.45. The van der Waals surface area contributed by atoms with Crippen LogP contribution >= 0.6 is 0 Å². The summed E-state index contributed by atoms with van der Waals surface area (Å²) in [6, 6.07) is 9.42. The zero-order valence-electron chi connectivity index (χ0n) is 15.9. The number of fused-ring (bicyclic) bond motifs is 1. The molecule has 0 unspecified atom stereocenters. The second-order valence-corrected chi connectivity index (χ2v) is 7.50. The molecule has 9 heteroatoms. The van der Waals surface area contributed by atoms with Crippen LogP contribution in [0.25, 0.3) is 10.9 Å². The van der Waals surface area contributed by atoms with Crippen LogP contribution in [0.15, 0.2) is 42.6 Å². The zero-order chi connectivity index (χ0) is 20.7. The number of nitrogens with one attached hydrogen (secondary N) is 2. The van der Waals surface area contributed by atoms with Gasteiger partial charge in [-0.15, -0.1) is 5.10 Å². The highest BCUT2D eigenvalue weighted by Crippen LogP contribution is 2.42. The van der Waals surface area contributed by atoms with Gasteiger partial charge in [0.25, 0.3) is 0 Å². The van der Waals surface area contributed by atoms with Gasteiger partial charge in [0.15, 0.2) is 17.5 Å². The highest BCUT2D eigenvalue weighted by atomic mass is 19.2. The predicted octanol–water partition coefficient (Wildman–Crippen LogP) is 3.54. The maximum atomic E-state index is 13.3. The Kier molecular flexibility index (Phi) is 4.50. The Morgan fingerprint density at radius 2 is 1.97 bits per heavy atom. The van der Waals surface area contributed by atoms with Gasteiger partial charge >= 0.3 is 0 Å². The van der Waals surface area contributed by atoms with E-state index in [2.05, 4.69) is 25.7 Å². The van der Waals surface area contributed by atoms with Crippen molar-refractivity contribution >= 4 is 22.6 Å². The predicted molar refractivity (Wildman–Crippen MR) is 106 cm³/mol. The van der Waals surface area contributed by atoms with Crippen LogP contribution in [0.4, 0.5) is 14.6 Å². The van der Waals surface area contributed by atoms with Crippen molar-refractivity contribution in [1.29, 1.82) is 0 Å².